The molecule has 0 fully saturated rings. The lowest BCUT2D eigenvalue weighted by Crippen LogP contribution is -2.40. The van der Waals surface area contributed by atoms with Gasteiger partial charge in [-0.3, -0.25) is 9.48 Å². The van der Waals surface area contributed by atoms with E-state index < -0.39 is 5.60 Å². The summed E-state index contributed by atoms with van der Waals surface area (Å²) in [5.74, 6) is -0.235. The number of anilines is 1. The third-order valence-electron chi connectivity index (χ3n) is 4.37. The van der Waals surface area contributed by atoms with Crippen LogP contribution < -0.4 is 5.32 Å². The summed E-state index contributed by atoms with van der Waals surface area (Å²) in [4.78, 5) is 26.9. The first-order valence-electron chi connectivity index (χ1n) is 9.05. The van der Waals surface area contributed by atoms with Crippen molar-refractivity contribution in [2.45, 2.75) is 46.3 Å². The Morgan fingerprint density at radius 1 is 1.19 bits per heavy atom. The molecule has 2 aromatic rings. The van der Waals surface area contributed by atoms with Crippen LogP contribution in [0.3, 0.4) is 0 Å². The van der Waals surface area contributed by atoms with E-state index in [4.69, 9.17) is 4.74 Å². The van der Waals surface area contributed by atoms with Crippen LogP contribution in [-0.4, -0.2) is 38.8 Å². The molecule has 144 valence electrons. The maximum absolute atomic E-state index is 12.9. The highest BCUT2D eigenvalue weighted by Gasteiger charge is 2.31. The smallest absolute Gasteiger partial charge is 0.410 e. The first-order chi connectivity index (χ1) is 12.6. The Morgan fingerprint density at radius 2 is 1.85 bits per heavy atom. The van der Waals surface area contributed by atoms with E-state index >= 15 is 0 Å². The van der Waals surface area contributed by atoms with Gasteiger partial charge in [0.15, 0.2) is 0 Å². The van der Waals surface area contributed by atoms with Crippen molar-refractivity contribution in [2.75, 3.05) is 11.9 Å². The molecule has 0 saturated carbocycles. The van der Waals surface area contributed by atoms with Crippen molar-refractivity contribution >= 4 is 17.7 Å². The van der Waals surface area contributed by atoms with Gasteiger partial charge in [0, 0.05) is 31.3 Å². The van der Waals surface area contributed by atoms with Crippen molar-refractivity contribution in [3.63, 3.8) is 0 Å². The molecule has 7 nitrogen and oxygen atoms in total. The molecule has 0 atom stereocenters. The highest BCUT2D eigenvalue weighted by atomic mass is 16.6. The van der Waals surface area contributed by atoms with Crippen LogP contribution >= 0.6 is 0 Å². The second-order valence-electron chi connectivity index (χ2n) is 7.87. The first-order valence-corrected chi connectivity index (χ1v) is 9.05. The van der Waals surface area contributed by atoms with Gasteiger partial charge in [0.25, 0.3) is 5.91 Å². The Labute approximate surface area is 159 Å². The van der Waals surface area contributed by atoms with E-state index in [0.717, 1.165) is 22.5 Å². The molecule has 3 rings (SSSR count). The zero-order chi connectivity index (χ0) is 19.8. The van der Waals surface area contributed by atoms with Crippen molar-refractivity contribution in [2.24, 2.45) is 7.05 Å². The molecule has 0 aliphatic carbocycles. The maximum Gasteiger partial charge on any atom is 0.410 e. The number of hydrogen-bond donors (Lipinski definition) is 1. The predicted octanol–water partition coefficient (Wildman–Crippen LogP) is 3.27. The van der Waals surface area contributed by atoms with Crippen molar-refractivity contribution < 1.29 is 14.3 Å². The molecule has 0 radical (unpaired) electrons. The highest BCUT2D eigenvalue weighted by Crippen LogP contribution is 2.24. The summed E-state index contributed by atoms with van der Waals surface area (Å²) >= 11 is 0. The summed E-state index contributed by atoms with van der Waals surface area (Å²) in [5, 5.41) is 7.38. The van der Waals surface area contributed by atoms with E-state index in [0.29, 0.717) is 25.2 Å². The molecule has 0 bridgehead atoms. The Balaban J connectivity index is 1.81. The van der Waals surface area contributed by atoms with Crippen molar-refractivity contribution in [1.82, 2.24) is 14.7 Å². The molecule has 2 amide bonds. The van der Waals surface area contributed by atoms with Crippen LogP contribution in [0.25, 0.3) is 0 Å². The minimum absolute atomic E-state index is 0.235. The molecule has 0 unspecified atom stereocenters. The number of aromatic nitrogens is 2. The number of ether oxygens (including phenoxy) is 1. The maximum atomic E-state index is 12.9. The summed E-state index contributed by atoms with van der Waals surface area (Å²) in [6.07, 6.45) is 0.224. The summed E-state index contributed by atoms with van der Waals surface area (Å²) < 4.78 is 7.06. The number of carbonyl (C=O) groups is 2. The van der Waals surface area contributed by atoms with Gasteiger partial charge in [-0.05, 0) is 39.8 Å². The van der Waals surface area contributed by atoms with Gasteiger partial charge in [-0.2, -0.15) is 5.10 Å². The van der Waals surface area contributed by atoms with E-state index in [1.165, 1.54) is 0 Å². The van der Waals surface area contributed by atoms with Crippen molar-refractivity contribution in [3.05, 3.63) is 46.8 Å². The molecular weight excluding hydrogens is 344 g/mol. The standard InChI is InChI=1S/C20H26N4O3/c1-13-6-8-14(9-7-13)21-18(25)17-15-12-24(19(26)27-20(2,3)4)11-10-16(15)22-23(17)5/h6-9H,10-12H2,1-5H3,(H,21,25). The fraction of sp³-hybridized carbons (Fsp3) is 0.450. The number of amides is 2. The van der Waals surface area contributed by atoms with Crippen molar-refractivity contribution in [3.8, 4) is 0 Å². The lowest BCUT2D eigenvalue weighted by atomic mass is 10.1. The zero-order valence-electron chi connectivity index (χ0n) is 16.5. The average Bonchev–Trinajstić information content (AvgIpc) is 2.90. The van der Waals surface area contributed by atoms with Crippen LogP contribution in [0.15, 0.2) is 24.3 Å². The van der Waals surface area contributed by atoms with E-state index in [2.05, 4.69) is 10.4 Å². The molecule has 27 heavy (non-hydrogen) atoms. The minimum atomic E-state index is -0.558. The summed E-state index contributed by atoms with van der Waals surface area (Å²) in [6.45, 7) is 8.35. The van der Waals surface area contributed by atoms with Crippen molar-refractivity contribution in [1.29, 1.82) is 0 Å². The Hall–Kier alpha value is -2.83. The van der Waals surface area contributed by atoms with E-state index in [9.17, 15) is 9.59 Å². The van der Waals surface area contributed by atoms with Gasteiger partial charge in [-0.25, -0.2) is 4.79 Å². The second kappa shape index (κ2) is 7.06. The molecule has 2 heterocycles. The molecular formula is C20H26N4O3. The molecule has 0 saturated heterocycles. The molecule has 1 aromatic carbocycles. The fourth-order valence-corrected chi connectivity index (χ4v) is 3.09. The number of benzene rings is 1. The van der Waals surface area contributed by atoms with E-state index in [1.54, 1.807) is 16.6 Å². The third kappa shape index (κ3) is 4.30. The highest BCUT2D eigenvalue weighted by molar-refractivity contribution is 6.04. The Bertz CT molecular complexity index is 863. The summed E-state index contributed by atoms with van der Waals surface area (Å²) in [7, 11) is 1.75. The van der Waals surface area contributed by atoms with E-state index in [1.807, 2.05) is 52.0 Å². The number of carbonyl (C=O) groups excluding carboxylic acids is 2. The number of fused-ring (bicyclic) bond motifs is 1. The number of nitrogens with one attached hydrogen (secondary N) is 1. The summed E-state index contributed by atoms with van der Waals surface area (Å²) in [6, 6.07) is 7.61. The van der Waals surface area contributed by atoms with Gasteiger partial charge < -0.3 is 15.0 Å². The number of nitrogens with zero attached hydrogens (tertiary/aromatic N) is 3. The zero-order valence-corrected chi connectivity index (χ0v) is 16.5. The van der Waals surface area contributed by atoms with Crippen LogP contribution in [0, 0.1) is 6.92 Å². The van der Waals surface area contributed by atoms with Gasteiger partial charge in [0.2, 0.25) is 0 Å². The average molecular weight is 370 g/mol. The normalized spacial score (nSPS) is 13.9. The van der Waals surface area contributed by atoms with Crippen LogP contribution in [0.1, 0.15) is 48.1 Å². The van der Waals surface area contributed by atoms with Gasteiger partial charge in [-0.15, -0.1) is 0 Å². The van der Waals surface area contributed by atoms with Gasteiger partial charge in [0.05, 0.1) is 12.2 Å². The van der Waals surface area contributed by atoms with E-state index in [-0.39, 0.29) is 12.0 Å². The van der Waals surface area contributed by atoms with Crippen LogP contribution in [0.2, 0.25) is 0 Å². The lowest BCUT2D eigenvalue weighted by molar-refractivity contribution is 0.0222. The minimum Gasteiger partial charge on any atom is -0.444 e. The van der Waals surface area contributed by atoms with Gasteiger partial charge in [0.1, 0.15) is 11.3 Å². The third-order valence-corrected chi connectivity index (χ3v) is 4.37. The molecule has 1 N–H and O–H groups in total. The molecule has 1 aromatic heterocycles. The number of aryl methyl sites for hydroxylation is 2. The molecule has 1 aliphatic rings. The quantitative estimate of drug-likeness (QED) is 0.880. The number of rotatable bonds is 2. The molecule has 1 aliphatic heterocycles. The lowest BCUT2D eigenvalue weighted by Gasteiger charge is -2.29. The second-order valence-corrected chi connectivity index (χ2v) is 7.87. The van der Waals surface area contributed by atoms with Crippen LogP contribution in [0.5, 0.6) is 0 Å². The van der Waals surface area contributed by atoms with Crippen LogP contribution in [0.4, 0.5) is 10.5 Å². The summed E-state index contributed by atoms with van der Waals surface area (Å²) in [5.41, 5.74) is 3.39. The Kier molecular flexibility index (Phi) is 4.95. The fourth-order valence-electron chi connectivity index (χ4n) is 3.09. The topological polar surface area (TPSA) is 76.5 Å². The predicted molar refractivity (Wildman–Crippen MR) is 103 cm³/mol. The van der Waals surface area contributed by atoms with Gasteiger partial charge in [-0.1, -0.05) is 17.7 Å². The SMILES string of the molecule is Cc1ccc(NC(=O)c2c3c(nn2C)CCN(C(=O)OC(C)(C)C)C3)cc1. The van der Waals surface area contributed by atoms with Crippen LogP contribution in [-0.2, 0) is 24.8 Å². The number of hydrogen-bond acceptors (Lipinski definition) is 4. The molecule has 0 spiro atoms. The monoisotopic (exact) mass is 370 g/mol. The first kappa shape index (κ1) is 18.9. The Morgan fingerprint density at radius 3 is 2.48 bits per heavy atom. The molecule has 7 heteroatoms. The van der Waals surface area contributed by atoms with Gasteiger partial charge >= 0.3 is 6.09 Å². The largest absolute Gasteiger partial charge is 0.444 e.